The smallest absolute Gasteiger partial charge is 0.341 e. The summed E-state index contributed by atoms with van der Waals surface area (Å²) in [6, 6.07) is 14.6. The van der Waals surface area contributed by atoms with Crippen molar-refractivity contribution in [2.24, 2.45) is 0 Å². The normalized spacial score (nSPS) is 11.2. The Morgan fingerprint density at radius 1 is 1.03 bits per heavy atom. The molecule has 11 heteroatoms. The van der Waals surface area contributed by atoms with E-state index < -0.39 is 11.9 Å². The van der Waals surface area contributed by atoms with Gasteiger partial charge in [0.15, 0.2) is 0 Å². The number of carbonyl (C=O) groups is 3. The van der Waals surface area contributed by atoms with Crippen LogP contribution in [-0.4, -0.2) is 30.6 Å². The maximum absolute atomic E-state index is 13.3. The molecule has 2 aromatic carbocycles. The summed E-state index contributed by atoms with van der Waals surface area (Å²) in [5.41, 5.74) is 3.46. The van der Waals surface area contributed by atoms with E-state index in [4.69, 9.17) is 4.74 Å². The highest BCUT2D eigenvalue weighted by molar-refractivity contribution is 9.10. The Labute approximate surface area is 244 Å². The van der Waals surface area contributed by atoms with Gasteiger partial charge in [-0.2, -0.15) is 5.26 Å². The minimum absolute atomic E-state index is 0.141. The number of thioether (sulfide) groups is 1. The Kier molecular flexibility index (Phi) is 10.3. The van der Waals surface area contributed by atoms with Gasteiger partial charge in [-0.3, -0.25) is 9.59 Å². The number of aryl methyl sites for hydroxylation is 2. The number of nitriles is 1. The van der Waals surface area contributed by atoms with Crippen LogP contribution in [0.3, 0.4) is 0 Å². The quantitative estimate of drug-likeness (QED) is 0.133. The number of esters is 1. The number of hydrogen-bond donors (Lipinski definition) is 3. The third-order valence-electron chi connectivity index (χ3n) is 5.65. The molecule has 3 aromatic rings. The van der Waals surface area contributed by atoms with E-state index >= 15 is 0 Å². The van der Waals surface area contributed by atoms with Crippen molar-refractivity contribution in [3.8, 4) is 6.07 Å². The lowest BCUT2D eigenvalue weighted by Crippen LogP contribution is -2.17. The molecule has 0 bridgehead atoms. The van der Waals surface area contributed by atoms with Crippen molar-refractivity contribution >= 4 is 73.2 Å². The summed E-state index contributed by atoms with van der Waals surface area (Å²) >= 11 is 5.53. The number of carbonyl (C=O) groups excluding carboxylic acids is 3. The number of ether oxygens (including phenoxy) is 1. The first-order valence-electron chi connectivity index (χ1n) is 11.8. The molecule has 0 aliphatic carbocycles. The molecule has 1 heterocycles. The minimum Gasteiger partial charge on any atom is -0.462 e. The predicted molar refractivity (Wildman–Crippen MR) is 161 cm³/mol. The van der Waals surface area contributed by atoms with Gasteiger partial charge in [0.1, 0.15) is 16.6 Å². The molecule has 1 aromatic heterocycles. The van der Waals surface area contributed by atoms with Crippen molar-refractivity contribution in [3.05, 3.63) is 84.7 Å². The van der Waals surface area contributed by atoms with Crippen molar-refractivity contribution in [2.75, 3.05) is 28.8 Å². The van der Waals surface area contributed by atoms with Gasteiger partial charge in [0, 0.05) is 15.8 Å². The van der Waals surface area contributed by atoms with E-state index in [1.807, 2.05) is 38.1 Å². The van der Waals surface area contributed by atoms with Crippen molar-refractivity contribution < 1.29 is 19.1 Å². The standard InChI is InChI=1S/C28H27BrN4O4S2/c1-6-37-28(36)21-17(4)23(25(35)32-22-15(2)8-7-9-16(22)3)39-27(21)33-26(38-5)20(14-30)24(34)31-19-12-10-18(29)11-13-19/h7-13,33H,6H2,1-5H3,(H,31,34)(H,32,35)/b26-20+. The van der Waals surface area contributed by atoms with Crippen molar-refractivity contribution in [1.29, 1.82) is 5.26 Å². The second-order valence-corrected chi connectivity index (χ2v) is 11.1. The first kappa shape index (κ1) is 30.0. The highest BCUT2D eigenvalue weighted by Crippen LogP contribution is 2.37. The SMILES string of the molecule is CCOC(=O)c1c(N/C(SC)=C(/C#N)C(=O)Nc2ccc(Br)cc2)sc(C(=O)Nc2c(C)cccc2C)c1C. The Bertz CT molecular complexity index is 1470. The number of nitrogens with one attached hydrogen (secondary N) is 3. The summed E-state index contributed by atoms with van der Waals surface area (Å²) < 4.78 is 6.11. The zero-order chi connectivity index (χ0) is 28.7. The van der Waals surface area contributed by atoms with Crippen molar-refractivity contribution in [2.45, 2.75) is 27.7 Å². The fourth-order valence-electron chi connectivity index (χ4n) is 3.70. The van der Waals surface area contributed by atoms with Gasteiger partial charge in [0.05, 0.1) is 22.1 Å². The molecule has 0 saturated carbocycles. The van der Waals surface area contributed by atoms with E-state index in [0.29, 0.717) is 26.8 Å². The van der Waals surface area contributed by atoms with E-state index in [0.717, 1.165) is 38.7 Å². The number of nitrogens with zero attached hydrogens (tertiary/aromatic N) is 1. The van der Waals surface area contributed by atoms with Crippen LogP contribution in [0.4, 0.5) is 16.4 Å². The lowest BCUT2D eigenvalue weighted by molar-refractivity contribution is -0.112. The number of hydrogen-bond acceptors (Lipinski definition) is 8. The zero-order valence-electron chi connectivity index (χ0n) is 22.0. The van der Waals surface area contributed by atoms with Crippen LogP contribution in [0.5, 0.6) is 0 Å². The summed E-state index contributed by atoms with van der Waals surface area (Å²) in [5.74, 6) is -1.61. The second kappa shape index (κ2) is 13.5. The van der Waals surface area contributed by atoms with Crippen LogP contribution in [0.25, 0.3) is 0 Å². The van der Waals surface area contributed by atoms with Gasteiger partial charge < -0.3 is 20.7 Å². The predicted octanol–water partition coefficient (Wildman–Crippen LogP) is 7.01. The molecule has 0 fully saturated rings. The average Bonchev–Trinajstić information content (AvgIpc) is 3.23. The maximum atomic E-state index is 13.3. The topological polar surface area (TPSA) is 120 Å². The molecule has 3 N–H and O–H groups in total. The van der Waals surface area contributed by atoms with Crippen molar-refractivity contribution in [1.82, 2.24) is 0 Å². The molecule has 2 amide bonds. The molecule has 8 nitrogen and oxygen atoms in total. The molecular weight excluding hydrogens is 600 g/mol. The zero-order valence-corrected chi connectivity index (χ0v) is 25.2. The van der Waals surface area contributed by atoms with Crippen LogP contribution in [0, 0.1) is 32.1 Å². The number of anilines is 3. The van der Waals surface area contributed by atoms with Crippen LogP contribution in [-0.2, 0) is 9.53 Å². The van der Waals surface area contributed by atoms with Gasteiger partial charge in [0.2, 0.25) is 0 Å². The highest BCUT2D eigenvalue weighted by Gasteiger charge is 2.28. The van der Waals surface area contributed by atoms with E-state index in [2.05, 4.69) is 31.9 Å². The van der Waals surface area contributed by atoms with Gasteiger partial charge in [-0.1, -0.05) is 34.1 Å². The van der Waals surface area contributed by atoms with E-state index in [9.17, 15) is 19.6 Å². The molecule has 0 spiro atoms. The summed E-state index contributed by atoms with van der Waals surface area (Å²) in [5, 5.41) is 19.1. The maximum Gasteiger partial charge on any atom is 0.341 e. The third kappa shape index (κ3) is 7.09. The molecule has 0 radical (unpaired) electrons. The molecular formula is C28H27BrN4O4S2. The molecule has 0 aliphatic rings. The van der Waals surface area contributed by atoms with Gasteiger partial charge in [0.25, 0.3) is 11.8 Å². The number of halogens is 1. The Morgan fingerprint density at radius 2 is 1.67 bits per heavy atom. The number of benzene rings is 2. The van der Waals surface area contributed by atoms with E-state index in [-0.39, 0.29) is 28.7 Å². The molecule has 0 unspecified atom stereocenters. The van der Waals surface area contributed by atoms with Gasteiger partial charge in [-0.05, 0) is 74.9 Å². The van der Waals surface area contributed by atoms with Gasteiger partial charge in [-0.15, -0.1) is 23.1 Å². The van der Waals surface area contributed by atoms with Gasteiger partial charge >= 0.3 is 5.97 Å². The Balaban J connectivity index is 2.01. The number of rotatable bonds is 9. The fraction of sp³-hybridized carbons (Fsp3) is 0.214. The van der Waals surface area contributed by atoms with Gasteiger partial charge in [-0.25, -0.2) is 4.79 Å². The molecule has 0 aliphatic heterocycles. The lowest BCUT2D eigenvalue weighted by Gasteiger charge is -2.12. The largest absolute Gasteiger partial charge is 0.462 e. The fourth-order valence-corrected chi connectivity index (χ4v) is 5.67. The Morgan fingerprint density at radius 3 is 2.23 bits per heavy atom. The molecule has 3 rings (SSSR count). The van der Waals surface area contributed by atoms with Crippen LogP contribution in [0.1, 0.15) is 43.6 Å². The van der Waals surface area contributed by atoms with Crippen LogP contribution in [0.15, 0.2) is 57.5 Å². The minimum atomic E-state index is -0.615. The summed E-state index contributed by atoms with van der Waals surface area (Å²) in [6.07, 6.45) is 1.70. The van der Waals surface area contributed by atoms with Crippen LogP contribution in [0.2, 0.25) is 0 Å². The lowest BCUT2D eigenvalue weighted by atomic mass is 10.1. The number of amides is 2. The van der Waals surface area contributed by atoms with E-state index in [1.54, 1.807) is 44.4 Å². The monoisotopic (exact) mass is 626 g/mol. The first-order valence-corrected chi connectivity index (χ1v) is 14.6. The summed E-state index contributed by atoms with van der Waals surface area (Å²) in [4.78, 5) is 39.6. The molecule has 0 atom stereocenters. The Hall–Kier alpha value is -3.59. The highest BCUT2D eigenvalue weighted by atomic mass is 79.9. The first-order chi connectivity index (χ1) is 18.6. The number of para-hydroxylation sites is 1. The van der Waals surface area contributed by atoms with Crippen molar-refractivity contribution in [3.63, 3.8) is 0 Å². The summed E-state index contributed by atoms with van der Waals surface area (Å²) in [7, 11) is 0. The van der Waals surface area contributed by atoms with Crippen LogP contribution < -0.4 is 16.0 Å². The third-order valence-corrected chi connectivity index (χ3v) is 8.10. The van der Waals surface area contributed by atoms with Crippen LogP contribution >= 0.6 is 39.0 Å². The molecule has 39 heavy (non-hydrogen) atoms. The van der Waals surface area contributed by atoms with E-state index in [1.165, 1.54) is 0 Å². The summed E-state index contributed by atoms with van der Waals surface area (Å²) in [6.45, 7) is 7.30. The average molecular weight is 628 g/mol. The number of thiophene rings is 1. The second-order valence-electron chi connectivity index (χ2n) is 8.31. The molecule has 202 valence electrons. The molecule has 0 saturated heterocycles.